The van der Waals surface area contributed by atoms with Crippen LogP contribution in [0.5, 0.6) is 0 Å². The van der Waals surface area contributed by atoms with E-state index >= 15 is 0 Å². The third-order valence-electron chi connectivity index (χ3n) is 5.24. The van der Waals surface area contributed by atoms with Crippen molar-refractivity contribution < 1.29 is 0 Å². The molecule has 154 valence electrons. The number of hydrogen-bond acceptors (Lipinski definition) is 6. The highest BCUT2D eigenvalue weighted by molar-refractivity contribution is 7.19. The normalized spacial score (nSPS) is 11.1. The molecule has 0 unspecified atom stereocenters. The summed E-state index contributed by atoms with van der Waals surface area (Å²) in [7, 11) is 0. The van der Waals surface area contributed by atoms with Crippen LogP contribution < -0.4 is 5.32 Å². The quantitative estimate of drug-likeness (QED) is 0.281. The van der Waals surface area contributed by atoms with Gasteiger partial charge >= 0.3 is 0 Å². The van der Waals surface area contributed by atoms with Gasteiger partial charge in [-0.05, 0) is 54.5 Å². The molecule has 4 nitrogen and oxygen atoms in total. The van der Waals surface area contributed by atoms with Crippen molar-refractivity contribution in [3.63, 3.8) is 0 Å². The number of nitrogens with one attached hydrogen (secondary N) is 1. The van der Waals surface area contributed by atoms with Gasteiger partial charge < -0.3 is 5.32 Å². The first-order valence-electron chi connectivity index (χ1n) is 10.3. The molecule has 0 amide bonds. The minimum atomic E-state index is 0.731. The summed E-state index contributed by atoms with van der Waals surface area (Å²) in [5.41, 5.74) is 5.83. The van der Waals surface area contributed by atoms with Crippen LogP contribution in [0.25, 0.3) is 32.0 Å². The fourth-order valence-electron chi connectivity index (χ4n) is 3.62. The van der Waals surface area contributed by atoms with Gasteiger partial charge in [0.1, 0.15) is 5.82 Å². The molecule has 0 aliphatic rings. The van der Waals surface area contributed by atoms with Gasteiger partial charge in [0.15, 0.2) is 5.82 Å². The smallest absolute Gasteiger partial charge is 0.162 e. The number of benzene rings is 1. The molecule has 0 fully saturated rings. The number of nitrogens with zero attached hydrogens (tertiary/aromatic N) is 3. The fraction of sp³-hybridized carbons (Fsp3) is 0.160. The van der Waals surface area contributed by atoms with Gasteiger partial charge in [-0.25, -0.2) is 9.97 Å². The van der Waals surface area contributed by atoms with E-state index in [1.165, 1.54) is 21.6 Å². The highest BCUT2D eigenvalue weighted by Gasteiger charge is 2.17. The van der Waals surface area contributed by atoms with Crippen molar-refractivity contribution in [3.8, 4) is 21.8 Å². The molecule has 4 aromatic heterocycles. The van der Waals surface area contributed by atoms with Crippen molar-refractivity contribution in [1.29, 1.82) is 0 Å². The molecule has 31 heavy (non-hydrogen) atoms. The van der Waals surface area contributed by atoms with Crippen molar-refractivity contribution >= 4 is 38.7 Å². The zero-order valence-corrected chi connectivity index (χ0v) is 18.8. The lowest BCUT2D eigenvalue weighted by molar-refractivity contribution is 0.860. The van der Waals surface area contributed by atoms with E-state index in [4.69, 9.17) is 9.97 Å². The second-order valence-electron chi connectivity index (χ2n) is 7.41. The summed E-state index contributed by atoms with van der Waals surface area (Å²) in [6.45, 7) is 3.02. The minimum Gasteiger partial charge on any atom is -0.369 e. The lowest BCUT2D eigenvalue weighted by atomic mass is 10.1. The Morgan fingerprint density at radius 2 is 1.77 bits per heavy atom. The summed E-state index contributed by atoms with van der Waals surface area (Å²) in [6, 6.07) is 16.7. The zero-order valence-electron chi connectivity index (χ0n) is 17.2. The molecule has 0 spiro atoms. The number of thiophene rings is 2. The minimum absolute atomic E-state index is 0.731. The van der Waals surface area contributed by atoms with Gasteiger partial charge in [0.2, 0.25) is 0 Å². The van der Waals surface area contributed by atoms with Gasteiger partial charge in [-0.2, -0.15) is 0 Å². The number of fused-ring (bicyclic) bond motifs is 1. The van der Waals surface area contributed by atoms with Crippen molar-refractivity contribution in [3.05, 3.63) is 82.8 Å². The Bertz CT molecular complexity index is 1290. The number of aromatic nitrogens is 3. The predicted molar refractivity (Wildman–Crippen MR) is 132 cm³/mol. The first kappa shape index (κ1) is 19.8. The molecule has 4 heterocycles. The topological polar surface area (TPSA) is 50.7 Å². The van der Waals surface area contributed by atoms with Crippen LogP contribution in [-0.4, -0.2) is 21.5 Å². The number of hydrogen-bond donors (Lipinski definition) is 1. The molecule has 6 heteroatoms. The summed E-state index contributed by atoms with van der Waals surface area (Å²) in [5, 5.41) is 7.94. The molecule has 5 aromatic rings. The monoisotopic (exact) mass is 442 g/mol. The van der Waals surface area contributed by atoms with Crippen LogP contribution in [0, 0.1) is 6.92 Å². The second kappa shape index (κ2) is 8.96. The first-order chi connectivity index (χ1) is 15.3. The summed E-state index contributed by atoms with van der Waals surface area (Å²) in [5.74, 6) is 1.64. The Hall–Kier alpha value is -3.09. The maximum absolute atomic E-state index is 4.98. The molecular formula is C25H22N4S2. The van der Waals surface area contributed by atoms with Crippen LogP contribution in [-0.2, 0) is 6.42 Å². The Morgan fingerprint density at radius 1 is 0.935 bits per heavy atom. The van der Waals surface area contributed by atoms with Crippen LogP contribution in [0.15, 0.2) is 71.7 Å². The maximum Gasteiger partial charge on any atom is 0.162 e. The van der Waals surface area contributed by atoms with Crippen LogP contribution >= 0.6 is 22.7 Å². The Balaban J connectivity index is 1.49. The van der Waals surface area contributed by atoms with Gasteiger partial charge in [0.05, 0.1) is 10.2 Å². The number of aryl methyl sites for hydroxylation is 2. The van der Waals surface area contributed by atoms with Gasteiger partial charge in [0.25, 0.3) is 0 Å². The van der Waals surface area contributed by atoms with E-state index in [-0.39, 0.29) is 0 Å². The third kappa shape index (κ3) is 4.22. The van der Waals surface area contributed by atoms with E-state index in [0.29, 0.717) is 0 Å². The van der Waals surface area contributed by atoms with E-state index in [1.807, 2.05) is 12.1 Å². The predicted octanol–water partition coefficient (Wildman–Crippen LogP) is 6.83. The first-order valence-corrected chi connectivity index (χ1v) is 12.1. The van der Waals surface area contributed by atoms with Crippen molar-refractivity contribution in [2.45, 2.75) is 19.8 Å². The lowest BCUT2D eigenvalue weighted by Gasteiger charge is -2.10. The molecule has 1 N–H and O–H groups in total. The van der Waals surface area contributed by atoms with E-state index in [9.17, 15) is 0 Å². The largest absolute Gasteiger partial charge is 0.369 e. The van der Waals surface area contributed by atoms with Crippen LogP contribution in [0.1, 0.15) is 17.5 Å². The average molecular weight is 443 g/mol. The molecule has 0 aliphatic carbocycles. The maximum atomic E-state index is 4.98. The summed E-state index contributed by atoms with van der Waals surface area (Å²) in [6.07, 6.45) is 5.66. The van der Waals surface area contributed by atoms with E-state index in [2.05, 4.69) is 64.4 Å². The average Bonchev–Trinajstić information content (AvgIpc) is 3.43. The van der Waals surface area contributed by atoms with Crippen LogP contribution in [0.4, 0.5) is 5.82 Å². The van der Waals surface area contributed by atoms with Gasteiger partial charge in [-0.1, -0.05) is 30.3 Å². The number of rotatable bonds is 7. The van der Waals surface area contributed by atoms with E-state index in [1.54, 1.807) is 35.1 Å². The van der Waals surface area contributed by atoms with Crippen molar-refractivity contribution in [2.24, 2.45) is 0 Å². The van der Waals surface area contributed by atoms with Crippen molar-refractivity contribution in [2.75, 3.05) is 11.9 Å². The van der Waals surface area contributed by atoms with E-state index < -0.39 is 0 Å². The summed E-state index contributed by atoms with van der Waals surface area (Å²) < 4.78 is 1.11. The molecular weight excluding hydrogens is 420 g/mol. The summed E-state index contributed by atoms with van der Waals surface area (Å²) >= 11 is 3.48. The molecule has 0 saturated heterocycles. The summed E-state index contributed by atoms with van der Waals surface area (Å²) in [4.78, 5) is 15.3. The molecule has 0 radical (unpaired) electrons. The molecule has 0 aliphatic heterocycles. The van der Waals surface area contributed by atoms with Gasteiger partial charge in [-0.15, -0.1) is 22.7 Å². The van der Waals surface area contributed by atoms with Crippen LogP contribution in [0.3, 0.4) is 0 Å². The van der Waals surface area contributed by atoms with Gasteiger partial charge in [0, 0.05) is 40.3 Å². The van der Waals surface area contributed by atoms with E-state index in [0.717, 1.165) is 46.8 Å². The Kier molecular flexibility index (Phi) is 5.74. The third-order valence-corrected chi connectivity index (χ3v) is 7.26. The van der Waals surface area contributed by atoms with Crippen molar-refractivity contribution in [1.82, 2.24) is 15.0 Å². The highest BCUT2D eigenvalue weighted by Crippen LogP contribution is 2.40. The molecule has 0 atom stereocenters. The second-order valence-corrected chi connectivity index (χ2v) is 9.20. The SMILES string of the molecule is Cc1ccsc1-c1csc2c(NCCCc3ccccc3)nc(-c3ccncc3)nc12. The Labute approximate surface area is 189 Å². The lowest BCUT2D eigenvalue weighted by Crippen LogP contribution is -2.06. The fourth-order valence-corrected chi connectivity index (χ4v) is 5.60. The molecule has 0 saturated carbocycles. The van der Waals surface area contributed by atoms with Crippen LogP contribution in [0.2, 0.25) is 0 Å². The number of pyridine rings is 1. The molecule has 0 bridgehead atoms. The standard InChI is InChI=1S/C25H22N4S2/c1-17-11-15-30-22(17)20-16-31-23-21(20)28-24(19-9-13-26-14-10-19)29-25(23)27-12-5-8-18-6-3-2-4-7-18/h2-4,6-7,9-11,13-16H,5,8,12H2,1H3,(H,27,28,29). The Morgan fingerprint density at radius 3 is 2.55 bits per heavy atom. The highest BCUT2D eigenvalue weighted by atomic mass is 32.1. The molecule has 1 aromatic carbocycles. The molecule has 5 rings (SSSR count). The number of anilines is 1. The van der Waals surface area contributed by atoms with Gasteiger partial charge in [-0.3, -0.25) is 4.98 Å². The zero-order chi connectivity index (χ0) is 21.0.